The third-order valence-electron chi connectivity index (χ3n) is 3.12. The largest absolute Gasteiger partial charge is 0.370 e. The molecule has 0 aliphatic rings. The molecule has 0 aliphatic carbocycles. The minimum atomic E-state index is 0.758. The molecular weight excluding hydrogens is 250 g/mol. The Balaban J connectivity index is 2.38. The monoisotopic (exact) mass is 273 g/mol. The summed E-state index contributed by atoms with van der Waals surface area (Å²) in [4.78, 5) is 13.5. The van der Waals surface area contributed by atoms with Crippen LogP contribution in [0, 0.1) is 0 Å². The van der Waals surface area contributed by atoms with E-state index in [4.69, 9.17) is 0 Å². The van der Waals surface area contributed by atoms with Crippen LogP contribution in [0.3, 0.4) is 0 Å². The number of nitrogens with one attached hydrogen (secondary N) is 1. The van der Waals surface area contributed by atoms with Gasteiger partial charge in [-0.05, 0) is 19.8 Å². The third-order valence-corrected chi connectivity index (χ3v) is 3.12. The molecule has 2 aromatic rings. The average Bonchev–Trinajstić information content (AvgIpc) is 2.93. The van der Waals surface area contributed by atoms with Gasteiger partial charge in [-0.1, -0.05) is 20.3 Å². The maximum Gasteiger partial charge on any atom is 0.180 e. The molecule has 0 saturated heterocycles. The second-order valence-corrected chi connectivity index (χ2v) is 4.81. The van der Waals surface area contributed by atoms with Crippen LogP contribution < -0.4 is 5.32 Å². The van der Waals surface area contributed by atoms with Crippen molar-refractivity contribution in [3.05, 3.63) is 24.3 Å². The molecule has 0 bridgehead atoms. The van der Waals surface area contributed by atoms with E-state index >= 15 is 0 Å². The number of nitrogens with zero attached hydrogens (tertiary/aromatic N) is 4. The second kappa shape index (κ2) is 7.03. The second-order valence-electron chi connectivity index (χ2n) is 4.81. The maximum absolute atomic E-state index is 4.67. The normalized spacial score (nSPS) is 10.8. The third kappa shape index (κ3) is 3.35. The number of imidazole rings is 1. The molecule has 5 nitrogen and oxygen atoms in total. The van der Waals surface area contributed by atoms with Crippen molar-refractivity contribution in [2.24, 2.45) is 0 Å². The van der Waals surface area contributed by atoms with E-state index in [1.165, 1.54) is 0 Å². The molecule has 108 valence electrons. The van der Waals surface area contributed by atoms with Crippen LogP contribution in [0.15, 0.2) is 18.6 Å². The molecule has 2 aromatic heterocycles. The van der Waals surface area contributed by atoms with Gasteiger partial charge in [-0.2, -0.15) is 0 Å². The van der Waals surface area contributed by atoms with Crippen LogP contribution in [-0.4, -0.2) is 26.1 Å². The van der Waals surface area contributed by atoms with Crippen LogP contribution in [0.2, 0.25) is 0 Å². The van der Waals surface area contributed by atoms with Gasteiger partial charge in [0.05, 0.1) is 12.5 Å². The molecule has 0 radical (unpaired) electrons. The van der Waals surface area contributed by atoms with E-state index < -0.39 is 0 Å². The van der Waals surface area contributed by atoms with Crippen LogP contribution in [-0.2, 0) is 13.0 Å². The maximum atomic E-state index is 4.67. The predicted octanol–water partition coefficient (Wildman–Crippen LogP) is 3.13. The van der Waals surface area contributed by atoms with E-state index in [0.29, 0.717) is 0 Å². The highest BCUT2D eigenvalue weighted by molar-refractivity contribution is 5.53. The van der Waals surface area contributed by atoms with Crippen LogP contribution in [0.5, 0.6) is 0 Å². The first-order valence-corrected chi connectivity index (χ1v) is 7.40. The Bertz CT molecular complexity index is 547. The minimum Gasteiger partial charge on any atom is -0.370 e. The van der Waals surface area contributed by atoms with Crippen molar-refractivity contribution in [1.29, 1.82) is 0 Å². The first-order valence-electron chi connectivity index (χ1n) is 7.40. The van der Waals surface area contributed by atoms with Crippen LogP contribution >= 0.6 is 0 Å². The van der Waals surface area contributed by atoms with Gasteiger partial charge in [-0.25, -0.2) is 15.0 Å². The molecule has 2 rings (SSSR count). The van der Waals surface area contributed by atoms with Crippen molar-refractivity contribution < 1.29 is 0 Å². The number of aryl methyl sites for hydroxylation is 2. The first-order chi connectivity index (χ1) is 9.78. The Hall–Kier alpha value is -1.91. The molecule has 0 aliphatic heterocycles. The summed E-state index contributed by atoms with van der Waals surface area (Å²) in [6.07, 6.45) is 6.78. The summed E-state index contributed by atoms with van der Waals surface area (Å²) in [6, 6.07) is 2.05. The Morgan fingerprint density at radius 3 is 2.70 bits per heavy atom. The van der Waals surface area contributed by atoms with Gasteiger partial charge in [-0.3, -0.25) is 0 Å². The standard InChI is InChI=1S/C15H23N5/c1-4-7-12-9-14(17-8-5-2)19-15(18-12)13-10-16-11-20(13)6-3/h9-11H,4-8H2,1-3H3,(H,17,18,19). The molecule has 0 saturated carbocycles. The van der Waals surface area contributed by atoms with Gasteiger partial charge < -0.3 is 9.88 Å². The highest BCUT2D eigenvalue weighted by Crippen LogP contribution is 2.18. The van der Waals surface area contributed by atoms with Gasteiger partial charge >= 0.3 is 0 Å². The Kier molecular flexibility index (Phi) is 5.09. The Labute approximate surface area is 120 Å². The summed E-state index contributed by atoms with van der Waals surface area (Å²) in [5.74, 6) is 1.66. The molecule has 2 heterocycles. The highest BCUT2D eigenvalue weighted by atomic mass is 15.1. The molecular formula is C15H23N5. The Morgan fingerprint density at radius 1 is 1.15 bits per heavy atom. The summed E-state index contributed by atoms with van der Waals surface area (Å²) in [5.41, 5.74) is 2.06. The fraction of sp³-hybridized carbons (Fsp3) is 0.533. The zero-order chi connectivity index (χ0) is 14.4. The first kappa shape index (κ1) is 14.5. The smallest absolute Gasteiger partial charge is 0.180 e. The van der Waals surface area contributed by atoms with E-state index in [-0.39, 0.29) is 0 Å². The summed E-state index contributed by atoms with van der Waals surface area (Å²) in [6.45, 7) is 8.20. The zero-order valence-electron chi connectivity index (χ0n) is 12.6. The van der Waals surface area contributed by atoms with Crippen LogP contribution in [0.1, 0.15) is 39.3 Å². The summed E-state index contributed by atoms with van der Waals surface area (Å²) in [5, 5.41) is 3.35. The number of hydrogen-bond donors (Lipinski definition) is 1. The number of aromatic nitrogens is 4. The highest BCUT2D eigenvalue weighted by Gasteiger charge is 2.10. The van der Waals surface area contributed by atoms with Crippen molar-refractivity contribution in [2.75, 3.05) is 11.9 Å². The molecule has 0 amide bonds. The SMILES string of the molecule is CCCNc1cc(CCC)nc(-c2cncn2CC)n1. The topological polar surface area (TPSA) is 55.6 Å². The summed E-state index contributed by atoms with van der Waals surface area (Å²) >= 11 is 0. The molecule has 0 spiro atoms. The molecule has 0 fully saturated rings. The van der Waals surface area contributed by atoms with E-state index in [1.54, 1.807) is 0 Å². The summed E-state index contributed by atoms with van der Waals surface area (Å²) in [7, 11) is 0. The van der Waals surface area contributed by atoms with Crippen LogP contribution in [0.4, 0.5) is 5.82 Å². The lowest BCUT2D eigenvalue weighted by Crippen LogP contribution is -2.07. The van der Waals surface area contributed by atoms with Gasteiger partial charge in [0.2, 0.25) is 0 Å². The number of hydrogen-bond acceptors (Lipinski definition) is 4. The minimum absolute atomic E-state index is 0.758. The van der Waals surface area contributed by atoms with Gasteiger partial charge in [0.1, 0.15) is 11.5 Å². The van der Waals surface area contributed by atoms with Gasteiger partial charge in [-0.15, -0.1) is 0 Å². The average molecular weight is 273 g/mol. The molecule has 0 atom stereocenters. The van der Waals surface area contributed by atoms with Crippen molar-refractivity contribution in [2.45, 2.75) is 46.6 Å². The number of anilines is 1. The van der Waals surface area contributed by atoms with Gasteiger partial charge in [0.15, 0.2) is 5.82 Å². The predicted molar refractivity (Wildman–Crippen MR) is 81.7 cm³/mol. The van der Waals surface area contributed by atoms with E-state index in [9.17, 15) is 0 Å². The summed E-state index contributed by atoms with van der Waals surface area (Å²) < 4.78 is 2.06. The fourth-order valence-electron chi connectivity index (χ4n) is 2.10. The molecule has 0 aromatic carbocycles. The molecule has 1 N–H and O–H groups in total. The van der Waals surface area contributed by atoms with Crippen molar-refractivity contribution in [3.63, 3.8) is 0 Å². The van der Waals surface area contributed by atoms with Crippen molar-refractivity contribution in [1.82, 2.24) is 19.5 Å². The van der Waals surface area contributed by atoms with Crippen LogP contribution in [0.25, 0.3) is 11.5 Å². The Morgan fingerprint density at radius 2 is 2.00 bits per heavy atom. The molecule has 20 heavy (non-hydrogen) atoms. The van der Waals surface area contributed by atoms with E-state index in [0.717, 1.165) is 55.4 Å². The quantitative estimate of drug-likeness (QED) is 0.842. The zero-order valence-corrected chi connectivity index (χ0v) is 12.6. The molecule has 5 heteroatoms. The molecule has 0 unspecified atom stereocenters. The van der Waals surface area contributed by atoms with Gasteiger partial charge in [0.25, 0.3) is 0 Å². The lowest BCUT2D eigenvalue weighted by Gasteiger charge is -2.10. The lowest BCUT2D eigenvalue weighted by molar-refractivity contribution is 0.761. The van der Waals surface area contributed by atoms with Crippen molar-refractivity contribution >= 4 is 5.82 Å². The fourth-order valence-corrected chi connectivity index (χ4v) is 2.10. The van der Waals surface area contributed by atoms with Crippen molar-refractivity contribution in [3.8, 4) is 11.5 Å². The number of rotatable bonds is 7. The van der Waals surface area contributed by atoms with E-state index in [2.05, 4.69) is 51.7 Å². The van der Waals surface area contributed by atoms with E-state index in [1.807, 2.05) is 12.5 Å². The lowest BCUT2D eigenvalue weighted by atomic mass is 10.2. The van der Waals surface area contributed by atoms with Gasteiger partial charge in [0, 0.05) is 24.8 Å².